The SMILES string of the molecule is CCc1cccc(C(=O)C2(c3ccccc3)CCC2)c1. The van der Waals surface area contributed by atoms with Crippen LogP contribution in [0.2, 0.25) is 0 Å². The van der Waals surface area contributed by atoms with Gasteiger partial charge in [-0.2, -0.15) is 0 Å². The summed E-state index contributed by atoms with van der Waals surface area (Å²) in [4.78, 5) is 13.0. The van der Waals surface area contributed by atoms with Gasteiger partial charge in [0.25, 0.3) is 0 Å². The third-order valence-electron chi connectivity index (χ3n) is 4.57. The molecule has 0 aliphatic heterocycles. The fourth-order valence-corrected chi connectivity index (χ4v) is 3.14. The Labute approximate surface area is 120 Å². The first kappa shape index (κ1) is 13.1. The van der Waals surface area contributed by atoms with E-state index in [-0.39, 0.29) is 5.41 Å². The Morgan fingerprint density at radius 3 is 2.40 bits per heavy atom. The maximum absolute atomic E-state index is 13.0. The molecule has 1 aliphatic rings. The lowest BCUT2D eigenvalue weighted by Gasteiger charge is -2.41. The summed E-state index contributed by atoms with van der Waals surface area (Å²) in [5.41, 5.74) is 3.01. The van der Waals surface area contributed by atoms with Crippen molar-refractivity contribution in [3.8, 4) is 0 Å². The van der Waals surface area contributed by atoms with Gasteiger partial charge in [-0.1, -0.05) is 61.9 Å². The van der Waals surface area contributed by atoms with Gasteiger partial charge in [-0.25, -0.2) is 0 Å². The highest BCUT2D eigenvalue weighted by molar-refractivity contribution is 6.04. The summed E-state index contributed by atoms with van der Waals surface area (Å²) in [5, 5.41) is 0. The molecule has 0 heterocycles. The number of carbonyl (C=O) groups is 1. The largest absolute Gasteiger partial charge is 0.293 e. The zero-order valence-corrected chi connectivity index (χ0v) is 11.9. The molecule has 1 nitrogen and oxygen atoms in total. The van der Waals surface area contributed by atoms with E-state index in [2.05, 4.69) is 31.2 Å². The molecule has 1 saturated carbocycles. The van der Waals surface area contributed by atoms with E-state index in [4.69, 9.17) is 0 Å². The fraction of sp³-hybridized carbons (Fsp3) is 0.316. The summed E-state index contributed by atoms with van der Waals surface area (Å²) in [6, 6.07) is 18.4. The van der Waals surface area contributed by atoms with Crippen molar-refractivity contribution in [2.45, 2.75) is 38.0 Å². The van der Waals surface area contributed by atoms with Gasteiger partial charge in [0.15, 0.2) is 5.78 Å². The maximum Gasteiger partial charge on any atom is 0.173 e. The Bertz CT molecular complexity index is 609. The highest BCUT2D eigenvalue weighted by Crippen LogP contribution is 2.46. The standard InChI is InChI=1S/C19H20O/c1-2-15-8-6-9-16(14-15)18(20)19(12-7-13-19)17-10-4-3-5-11-17/h3-6,8-11,14H,2,7,12-13H2,1H3. The molecule has 2 aromatic carbocycles. The molecule has 1 fully saturated rings. The molecule has 102 valence electrons. The van der Waals surface area contributed by atoms with E-state index in [9.17, 15) is 4.79 Å². The molecule has 0 atom stereocenters. The first-order chi connectivity index (χ1) is 9.76. The molecule has 1 aliphatic carbocycles. The topological polar surface area (TPSA) is 17.1 Å². The van der Waals surface area contributed by atoms with Crippen LogP contribution in [0, 0.1) is 0 Å². The summed E-state index contributed by atoms with van der Waals surface area (Å²) >= 11 is 0. The predicted octanol–water partition coefficient (Wildman–Crippen LogP) is 4.55. The van der Waals surface area contributed by atoms with Crippen LogP contribution in [-0.2, 0) is 11.8 Å². The molecule has 0 aromatic heterocycles. The smallest absolute Gasteiger partial charge is 0.173 e. The second kappa shape index (κ2) is 5.24. The van der Waals surface area contributed by atoms with Gasteiger partial charge < -0.3 is 0 Å². The van der Waals surface area contributed by atoms with Crippen molar-refractivity contribution in [3.05, 3.63) is 71.3 Å². The van der Waals surface area contributed by atoms with Crippen LogP contribution in [0.5, 0.6) is 0 Å². The van der Waals surface area contributed by atoms with E-state index in [1.807, 2.05) is 30.3 Å². The molecule has 0 unspecified atom stereocenters. The van der Waals surface area contributed by atoms with Crippen molar-refractivity contribution in [1.82, 2.24) is 0 Å². The van der Waals surface area contributed by atoms with E-state index in [1.54, 1.807) is 0 Å². The van der Waals surface area contributed by atoms with Gasteiger partial charge in [-0.15, -0.1) is 0 Å². The van der Waals surface area contributed by atoms with Gasteiger partial charge in [0, 0.05) is 5.56 Å². The van der Waals surface area contributed by atoms with Crippen LogP contribution < -0.4 is 0 Å². The third kappa shape index (κ3) is 2.07. The molecule has 0 bridgehead atoms. The van der Waals surface area contributed by atoms with E-state index >= 15 is 0 Å². The summed E-state index contributed by atoms with van der Waals surface area (Å²) in [6.45, 7) is 2.12. The van der Waals surface area contributed by atoms with Crippen molar-refractivity contribution >= 4 is 5.78 Å². The molecular weight excluding hydrogens is 244 g/mol. The molecule has 0 N–H and O–H groups in total. The van der Waals surface area contributed by atoms with Crippen LogP contribution >= 0.6 is 0 Å². The maximum atomic E-state index is 13.0. The molecule has 20 heavy (non-hydrogen) atoms. The highest BCUT2D eigenvalue weighted by atomic mass is 16.1. The van der Waals surface area contributed by atoms with Gasteiger partial charge in [0.2, 0.25) is 0 Å². The normalized spacial score (nSPS) is 16.4. The summed E-state index contributed by atoms with van der Waals surface area (Å²) in [7, 11) is 0. The van der Waals surface area contributed by atoms with Crippen LogP contribution in [0.15, 0.2) is 54.6 Å². The fourth-order valence-electron chi connectivity index (χ4n) is 3.14. The lowest BCUT2D eigenvalue weighted by Crippen LogP contribution is -2.42. The number of benzene rings is 2. The Hall–Kier alpha value is -1.89. The van der Waals surface area contributed by atoms with Crippen molar-refractivity contribution in [1.29, 1.82) is 0 Å². The number of aryl methyl sites for hydroxylation is 1. The third-order valence-corrected chi connectivity index (χ3v) is 4.57. The molecule has 2 aromatic rings. The number of Topliss-reactive ketones (excluding diaryl/α,β-unsaturated/α-hetero) is 1. The second-order valence-electron chi connectivity index (χ2n) is 5.68. The Morgan fingerprint density at radius 2 is 1.80 bits per heavy atom. The molecule has 0 spiro atoms. The zero-order valence-electron chi connectivity index (χ0n) is 11.9. The van der Waals surface area contributed by atoms with Crippen LogP contribution in [0.4, 0.5) is 0 Å². The number of ketones is 1. The zero-order chi connectivity index (χ0) is 14.0. The molecule has 3 rings (SSSR count). The van der Waals surface area contributed by atoms with E-state index < -0.39 is 0 Å². The van der Waals surface area contributed by atoms with Crippen LogP contribution in [-0.4, -0.2) is 5.78 Å². The lowest BCUT2D eigenvalue weighted by atomic mass is 9.60. The van der Waals surface area contributed by atoms with Crippen LogP contribution in [0.1, 0.15) is 47.7 Å². The monoisotopic (exact) mass is 264 g/mol. The Morgan fingerprint density at radius 1 is 1.05 bits per heavy atom. The van der Waals surface area contributed by atoms with Gasteiger partial charge in [-0.05, 0) is 36.5 Å². The first-order valence-corrected chi connectivity index (χ1v) is 7.45. The van der Waals surface area contributed by atoms with Crippen LogP contribution in [0.3, 0.4) is 0 Å². The summed E-state index contributed by atoms with van der Waals surface area (Å²) in [6.07, 6.45) is 4.08. The Balaban J connectivity index is 1.99. The highest BCUT2D eigenvalue weighted by Gasteiger charge is 2.45. The quantitative estimate of drug-likeness (QED) is 0.740. The predicted molar refractivity (Wildman–Crippen MR) is 82.1 cm³/mol. The minimum absolute atomic E-state index is 0.270. The number of hydrogen-bond acceptors (Lipinski definition) is 1. The molecular formula is C19H20O. The second-order valence-corrected chi connectivity index (χ2v) is 5.68. The average molecular weight is 264 g/mol. The first-order valence-electron chi connectivity index (χ1n) is 7.45. The number of carbonyl (C=O) groups excluding carboxylic acids is 1. The van der Waals surface area contributed by atoms with Crippen molar-refractivity contribution < 1.29 is 4.79 Å². The summed E-state index contributed by atoms with van der Waals surface area (Å²) < 4.78 is 0. The van der Waals surface area contributed by atoms with Gasteiger partial charge >= 0.3 is 0 Å². The molecule has 1 heteroatoms. The van der Waals surface area contributed by atoms with Crippen molar-refractivity contribution in [2.75, 3.05) is 0 Å². The van der Waals surface area contributed by atoms with E-state index in [0.717, 1.165) is 31.2 Å². The molecule has 0 radical (unpaired) electrons. The number of hydrogen-bond donors (Lipinski definition) is 0. The van der Waals surface area contributed by atoms with Crippen molar-refractivity contribution in [2.24, 2.45) is 0 Å². The van der Waals surface area contributed by atoms with E-state index in [0.29, 0.717) is 5.78 Å². The lowest BCUT2D eigenvalue weighted by molar-refractivity contribution is 0.0789. The van der Waals surface area contributed by atoms with E-state index in [1.165, 1.54) is 11.1 Å². The minimum atomic E-state index is -0.270. The number of rotatable bonds is 4. The van der Waals surface area contributed by atoms with Crippen molar-refractivity contribution in [3.63, 3.8) is 0 Å². The summed E-state index contributed by atoms with van der Waals surface area (Å²) in [5.74, 6) is 0.297. The van der Waals surface area contributed by atoms with Gasteiger partial charge in [-0.3, -0.25) is 4.79 Å². The molecule has 0 amide bonds. The van der Waals surface area contributed by atoms with Gasteiger partial charge in [0.1, 0.15) is 0 Å². The minimum Gasteiger partial charge on any atom is -0.293 e. The van der Waals surface area contributed by atoms with Crippen LogP contribution in [0.25, 0.3) is 0 Å². The Kier molecular flexibility index (Phi) is 3.43. The average Bonchev–Trinajstić information content (AvgIpc) is 2.47. The van der Waals surface area contributed by atoms with Gasteiger partial charge in [0.05, 0.1) is 5.41 Å². The molecule has 0 saturated heterocycles.